The maximum Gasteiger partial charge on any atom is 0.163 e. The largest absolute Gasteiger partial charge is 0.380 e. The van der Waals surface area contributed by atoms with Gasteiger partial charge in [0.25, 0.3) is 0 Å². The molecule has 0 saturated carbocycles. The van der Waals surface area contributed by atoms with Crippen molar-refractivity contribution >= 4 is 11.6 Å². The predicted molar refractivity (Wildman–Crippen MR) is 111 cm³/mol. The van der Waals surface area contributed by atoms with E-state index in [9.17, 15) is 13.9 Å². The van der Waals surface area contributed by atoms with E-state index in [1.54, 1.807) is 25.1 Å². The van der Waals surface area contributed by atoms with Gasteiger partial charge in [0.15, 0.2) is 5.76 Å². The fraction of sp³-hybridized carbons (Fsp3) is 0.227. The molecule has 4 rings (SSSR count). The van der Waals surface area contributed by atoms with Gasteiger partial charge in [-0.25, -0.2) is 18.4 Å². The van der Waals surface area contributed by atoms with Crippen molar-refractivity contribution in [3.63, 3.8) is 0 Å². The number of hydrogen-bond acceptors (Lipinski definition) is 6. The van der Waals surface area contributed by atoms with Gasteiger partial charge < -0.3 is 14.4 Å². The molecule has 4 aromatic rings. The minimum absolute atomic E-state index is 0.0375. The maximum absolute atomic E-state index is 14.6. The van der Waals surface area contributed by atoms with Gasteiger partial charge in [-0.05, 0) is 25.1 Å². The van der Waals surface area contributed by atoms with Crippen LogP contribution in [-0.2, 0) is 23.5 Å². The first-order valence-electron chi connectivity index (χ1n) is 9.68. The number of aromatic nitrogens is 4. The minimum atomic E-state index is -1.87. The molecule has 0 amide bonds. The van der Waals surface area contributed by atoms with E-state index in [0.717, 1.165) is 11.6 Å². The van der Waals surface area contributed by atoms with Crippen molar-refractivity contribution in [3.8, 4) is 11.3 Å². The summed E-state index contributed by atoms with van der Waals surface area (Å²) >= 11 is 5.91. The Labute approximate surface area is 187 Å². The number of rotatable bonds is 8. The van der Waals surface area contributed by atoms with Crippen LogP contribution < -0.4 is 0 Å². The van der Waals surface area contributed by atoms with Gasteiger partial charge in [-0.1, -0.05) is 35.0 Å². The summed E-state index contributed by atoms with van der Waals surface area (Å²) in [5.74, 6) is -1.24. The molecule has 0 aliphatic carbocycles. The van der Waals surface area contributed by atoms with E-state index in [1.165, 1.54) is 23.4 Å². The van der Waals surface area contributed by atoms with Crippen LogP contribution in [0.2, 0.25) is 5.02 Å². The Hall–Kier alpha value is -3.14. The SMILES string of the molecule is C[C@@H](OCc1cc(-c2ccc(Cl)cc2)no1)[C@](O)(Cn1cncn1)c1ccc(F)cc1F. The van der Waals surface area contributed by atoms with Crippen LogP contribution >= 0.6 is 11.6 Å². The van der Waals surface area contributed by atoms with Gasteiger partial charge in [0.2, 0.25) is 0 Å². The molecule has 2 atom stereocenters. The fourth-order valence-corrected chi connectivity index (χ4v) is 3.44. The van der Waals surface area contributed by atoms with E-state index in [2.05, 4.69) is 15.2 Å². The van der Waals surface area contributed by atoms with Crippen LogP contribution in [0.25, 0.3) is 11.3 Å². The summed E-state index contributed by atoms with van der Waals surface area (Å²) in [5, 5.41) is 20.0. The number of halogens is 3. The Balaban J connectivity index is 1.54. The molecule has 7 nitrogen and oxygen atoms in total. The van der Waals surface area contributed by atoms with Crippen LogP contribution in [0.3, 0.4) is 0 Å². The summed E-state index contributed by atoms with van der Waals surface area (Å²) in [5.41, 5.74) is -0.588. The monoisotopic (exact) mass is 460 g/mol. The Bertz CT molecular complexity index is 1180. The third kappa shape index (κ3) is 4.69. The van der Waals surface area contributed by atoms with Gasteiger partial charge >= 0.3 is 0 Å². The lowest BCUT2D eigenvalue weighted by Gasteiger charge is -2.34. The summed E-state index contributed by atoms with van der Waals surface area (Å²) in [6.45, 7) is 1.38. The lowest BCUT2D eigenvalue weighted by Crippen LogP contribution is -2.44. The number of benzene rings is 2. The van der Waals surface area contributed by atoms with Gasteiger partial charge in [-0.2, -0.15) is 5.10 Å². The molecule has 2 heterocycles. The smallest absolute Gasteiger partial charge is 0.163 e. The molecule has 0 spiro atoms. The molecule has 166 valence electrons. The number of nitrogens with zero attached hydrogens (tertiary/aromatic N) is 4. The standard InChI is InChI=1S/C22H19ClF2N4O3/c1-14(31-10-18-9-21(28-32-18)15-2-4-16(23)5-3-15)22(30,11-29-13-26-12-27-29)19-7-6-17(24)8-20(19)25/h2-9,12-14,30H,10-11H2,1H3/t14-,22-/m1/s1. The fourth-order valence-electron chi connectivity index (χ4n) is 3.32. The number of ether oxygens (including phenoxy) is 1. The van der Waals surface area contributed by atoms with Crippen LogP contribution in [0.1, 0.15) is 18.2 Å². The van der Waals surface area contributed by atoms with Gasteiger partial charge in [0.1, 0.15) is 42.2 Å². The molecule has 0 saturated heterocycles. The highest BCUT2D eigenvalue weighted by Crippen LogP contribution is 2.32. The maximum atomic E-state index is 14.6. The third-order valence-electron chi connectivity index (χ3n) is 5.11. The zero-order valence-electron chi connectivity index (χ0n) is 17.0. The molecule has 1 N–H and O–H groups in total. The lowest BCUT2D eigenvalue weighted by atomic mass is 9.88. The predicted octanol–water partition coefficient (Wildman–Crippen LogP) is 4.36. The Morgan fingerprint density at radius 3 is 2.66 bits per heavy atom. The quantitative estimate of drug-likeness (QED) is 0.420. The molecule has 2 aromatic heterocycles. The average molecular weight is 461 g/mol. The van der Waals surface area contributed by atoms with Crippen molar-refractivity contribution < 1.29 is 23.1 Å². The molecule has 0 aliphatic rings. The average Bonchev–Trinajstić information content (AvgIpc) is 3.44. The van der Waals surface area contributed by atoms with Gasteiger partial charge in [0, 0.05) is 28.3 Å². The Kier molecular flexibility index (Phi) is 6.31. The van der Waals surface area contributed by atoms with Crippen molar-refractivity contribution in [1.29, 1.82) is 0 Å². The van der Waals surface area contributed by atoms with Gasteiger partial charge in [-0.15, -0.1) is 0 Å². The van der Waals surface area contributed by atoms with Crippen molar-refractivity contribution in [1.82, 2.24) is 19.9 Å². The highest BCUT2D eigenvalue weighted by Gasteiger charge is 2.40. The van der Waals surface area contributed by atoms with Crippen molar-refractivity contribution in [2.75, 3.05) is 0 Å². The molecule has 32 heavy (non-hydrogen) atoms. The molecular weight excluding hydrogens is 442 g/mol. The van der Waals surface area contributed by atoms with E-state index in [0.29, 0.717) is 22.5 Å². The first-order chi connectivity index (χ1) is 15.3. The van der Waals surface area contributed by atoms with Gasteiger partial charge in [-0.3, -0.25) is 0 Å². The van der Waals surface area contributed by atoms with Crippen molar-refractivity contribution in [3.05, 3.63) is 89.2 Å². The van der Waals surface area contributed by atoms with E-state index < -0.39 is 23.3 Å². The summed E-state index contributed by atoms with van der Waals surface area (Å²) in [6.07, 6.45) is 1.74. The Morgan fingerprint density at radius 2 is 1.97 bits per heavy atom. The third-order valence-corrected chi connectivity index (χ3v) is 5.37. The van der Waals surface area contributed by atoms with E-state index in [-0.39, 0.29) is 18.7 Å². The minimum Gasteiger partial charge on any atom is -0.380 e. The molecule has 0 bridgehead atoms. The second-order valence-electron chi connectivity index (χ2n) is 7.28. The first-order valence-corrected chi connectivity index (χ1v) is 10.1. The zero-order valence-corrected chi connectivity index (χ0v) is 17.7. The zero-order chi connectivity index (χ0) is 22.7. The van der Waals surface area contributed by atoms with Crippen LogP contribution in [0.4, 0.5) is 8.78 Å². The summed E-state index contributed by atoms with van der Waals surface area (Å²) in [6, 6.07) is 11.8. The highest BCUT2D eigenvalue weighted by atomic mass is 35.5. The second-order valence-corrected chi connectivity index (χ2v) is 7.72. The normalized spacial score (nSPS) is 14.3. The summed E-state index contributed by atoms with van der Waals surface area (Å²) in [7, 11) is 0. The lowest BCUT2D eigenvalue weighted by molar-refractivity contribution is -0.126. The molecule has 0 fully saturated rings. The Morgan fingerprint density at radius 1 is 1.19 bits per heavy atom. The van der Waals surface area contributed by atoms with Gasteiger partial charge in [0.05, 0.1) is 12.6 Å². The second kappa shape index (κ2) is 9.15. The molecule has 2 aromatic carbocycles. The molecule has 0 aliphatic heterocycles. The molecule has 10 heteroatoms. The highest BCUT2D eigenvalue weighted by molar-refractivity contribution is 6.30. The number of hydrogen-bond donors (Lipinski definition) is 1. The van der Waals surface area contributed by atoms with Crippen molar-refractivity contribution in [2.45, 2.75) is 31.8 Å². The molecule has 0 unspecified atom stereocenters. The van der Waals surface area contributed by atoms with E-state index >= 15 is 0 Å². The topological polar surface area (TPSA) is 86.2 Å². The van der Waals surface area contributed by atoms with E-state index in [1.807, 2.05) is 12.1 Å². The first kappa shape index (κ1) is 22.1. The van der Waals surface area contributed by atoms with Crippen LogP contribution in [-0.4, -0.2) is 31.1 Å². The van der Waals surface area contributed by atoms with E-state index in [4.69, 9.17) is 20.9 Å². The van der Waals surface area contributed by atoms with Crippen LogP contribution in [0.5, 0.6) is 0 Å². The van der Waals surface area contributed by atoms with Crippen LogP contribution in [0, 0.1) is 11.6 Å². The number of aliphatic hydroxyl groups is 1. The molecule has 0 radical (unpaired) electrons. The summed E-state index contributed by atoms with van der Waals surface area (Å²) in [4.78, 5) is 3.84. The summed E-state index contributed by atoms with van der Waals surface area (Å²) < 4.78 is 40.5. The van der Waals surface area contributed by atoms with Crippen molar-refractivity contribution in [2.24, 2.45) is 0 Å². The van der Waals surface area contributed by atoms with Crippen LogP contribution in [0.15, 0.2) is 65.7 Å². The molecular formula is C22H19ClF2N4O3.